The molecule has 0 heterocycles. The van der Waals surface area contributed by atoms with Crippen LogP contribution in [0.25, 0.3) is 0 Å². The van der Waals surface area contributed by atoms with Crippen molar-refractivity contribution >= 4 is 5.69 Å². The van der Waals surface area contributed by atoms with E-state index in [4.69, 9.17) is 16.3 Å². The number of rotatable bonds is 4. The first-order valence-corrected chi connectivity index (χ1v) is 5.14. The molecule has 0 radical (unpaired) electrons. The quantitative estimate of drug-likeness (QED) is 0.801. The molecule has 0 spiro atoms. The van der Waals surface area contributed by atoms with Crippen molar-refractivity contribution < 1.29 is 4.39 Å². The van der Waals surface area contributed by atoms with Gasteiger partial charge in [-0.3, -0.25) is 0 Å². The average molecular weight is 232 g/mol. The van der Waals surface area contributed by atoms with Crippen LogP contribution in [0.2, 0.25) is 0 Å². The summed E-state index contributed by atoms with van der Waals surface area (Å²) in [5.74, 6) is -0.467. The van der Waals surface area contributed by atoms with Gasteiger partial charge in [-0.1, -0.05) is 6.07 Å². The molecule has 0 aliphatic rings. The third kappa shape index (κ3) is 3.17. The molecule has 0 bridgehead atoms. The van der Waals surface area contributed by atoms with Crippen molar-refractivity contribution in [2.75, 3.05) is 18.0 Å². The molecule has 1 rings (SSSR count). The van der Waals surface area contributed by atoms with Crippen LogP contribution >= 0.6 is 0 Å². The molecule has 1 aromatic rings. The fourth-order valence-electron chi connectivity index (χ4n) is 1.46. The van der Waals surface area contributed by atoms with Crippen molar-refractivity contribution in [3.8, 4) is 12.1 Å². The molecular weight excluding hydrogens is 219 g/mol. The predicted molar refractivity (Wildman–Crippen MR) is 62.4 cm³/mol. The molecule has 1 atom stereocenters. The van der Waals surface area contributed by atoms with Crippen LogP contribution in [0, 0.1) is 28.5 Å². The fourth-order valence-corrected chi connectivity index (χ4v) is 1.46. The second-order valence-corrected chi connectivity index (χ2v) is 3.67. The molecule has 0 amide bonds. The predicted octanol–water partition coefficient (Wildman–Crippen LogP) is 1.70. The Labute approximate surface area is 99.7 Å². The lowest BCUT2D eigenvalue weighted by Crippen LogP contribution is -2.25. The molecule has 0 aromatic heterocycles. The lowest BCUT2D eigenvalue weighted by molar-refractivity contribution is 0.618. The summed E-state index contributed by atoms with van der Waals surface area (Å²) in [6.07, 6.45) is 0. The van der Waals surface area contributed by atoms with Gasteiger partial charge in [0, 0.05) is 6.04 Å². The summed E-state index contributed by atoms with van der Waals surface area (Å²) < 4.78 is 13.8. The largest absolute Gasteiger partial charge is 0.343 e. The van der Waals surface area contributed by atoms with Crippen LogP contribution in [0.4, 0.5) is 10.1 Å². The van der Waals surface area contributed by atoms with Crippen molar-refractivity contribution in [2.45, 2.75) is 13.0 Å². The Bertz CT molecular complexity index is 454. The second-order valence-electron chi connectivity index (χ2n) is 3.67. The molecule has 0 saturated carbocycles. The van der Waals surface area contributed by atoms with Gasteiger partial charge in [-0.2, -0.15) is 10.5 Å². The van der Waals surface area contributed by atoms with E-state index >= 15 is 0 Å². The minimum atomic E-state index is -0.467. The Kier molecular flexibility index (Phi) is 4.45. The molecule has 17 heavy (non-hydrogen) atoms. The topological polar surface area (TPSA) is 76.8 Å². The number of benzene rings is 1. The van der Waals surface area contributed by atoms with Gasteiger partial charge in [0.2, 0.25) is 0 Å². The maximum atomic E-state index is 13.8. The van der Waals surface area contributed by atoms with Crippen LogP contribution in [-0.4, -0.2) is 13.1 Å². The van der Waals surface area contributed by atoms with E-state index in [9.17, 15) is 4.39 Å². The van der Waals surface area contributed by atoms with E-state index in [1.165, 1.54) is 11.0 Å². The van der Waals surface area contributed by atoms with Gasteiger partial charge in [0.1, 0.15) is 18.9 Å². The summed E-state index contributed by atoms with van der Waals surface area (Å²) in [6.45, 7) is 1.71. The van der Waals surface area contributed by atoms with E-state index < -0.39 is 5.82 Å². The summed E-state index contributed by atoms with van der Waals surface area (Å²) in [7, 11) is 0. The number of nitriles is 2. The molecule has 4 nitrogen and oxygen atoms in total. The summed E-state index contributed by atoms with van der Waals surface area (Å²) in [5.41, 5.74) is 6.57. The number of nitrogens with two attached hydrogens (primary N) is 1. The second kappa shape index (κ2) is 5.83. The maximum Gasteiger partial charge on any atom is 0.146 e. The molecule has 0 fully saturated rings. The normalized spacial score (nSPS) is 11.4. The van der Waals surface area contributed by atoms with Crippen LogP contribution in [0.3, 0.4) is 0 Å². The van der Waals surface area contributed by atoms with Crippen molar-refractivity contribution in [2.24, 2.45) is 5.73 Å². The SMILES string of the molecule is CC(N)c1ccc(N(CC#N)CC#N)c(F)c1. The molecule has 88 valence electrons. The van der Waals surface area contributed by atoms with E-state index in [2.05, 4.69) is 0 Å². The van der Waals surface area contributed by atoms with Gasteiger partial charge in [-0.25, -0.2) is 4.39 Å². The number of nitrogens with zero attached hydrogens (tertiary/aromatic N) is 3. The molecule has 1 aromatic carbocycles. The van der Waals surface area contributed by atoms with Crippen LogP contribution in [-0.2, 0) is 0 Å². The number of halogens is 1. The first-order chi connectivity index (χ1) is 8.10. The van der Waals surface area contributed by atoms with Crippen LogP contribution in [0.1, 0.15) is 18.5 Å². The number of hydrogen-bond acceptors (Lipinski definition) is 4. The fraction of sp³-hybridized carbons (Fsp3) is 0.333. The molecule has 0 aliphatic heterocycles. The zero-order valence-corrected chi connectivity index (χ0v) is 9.52. The van der Waals surface area contributed by atoms with Gasteiger partial charge in [0.05, 0.1) is 17.8 Å². The third-order valence-corrected chi connectivity index (χ3v) is 2.36. The van der Waals surface area contributed by atoms with Gasteiger partial charge >= 0.3 is 0 Å². The molecule has 5 heteroatoms. The lowest BCUT2D eigenvalue weighted by atomic mass is 10.1. The highest BCUT2D eigenvalue weighted by Crippen LogP contribution is 2.22. The van der Waals surface area contributed by atoms with Gasteiger partial charge in [-0.15, -0.1) is 0 Å². The van der Waals surface area contributed by atoms with Crippen molar-refractivity contribution in [3.63, 3.8) is 0 Å². The zero-order valence-electron chi connectivity index (χ0n) is 9.52. The molecule has 0 saturated heterocycles. The summed E-state index contributed by atoms with van der Waals surface area (Å²) in [5, 5.41) is 17.2. The van der Waals surface area contributed by atoms with Crippen LogP contribution in [0.15, 0.2) is 18.2 Å². The molecule has 2 N–H and O–H groups in total. The smallest absolute Gasteiger partial charge is 0.146 e. The highest BCUT2D eigenvalue weighted by atomic mass is 19.1. The van der Waals surface area contributed by atoms with Crippen molar-refractivity contribution in [1.29, 1.82) is 10.5 Å². The Morgan fingerprint density at radius 2 is 1.94 bits per heavy atom. The first kappa shape index (κ1) is 13.0. The first-order valence-electron chi connectivity index (χ1n) is 5.14. The Hall–Kier alpha value is -2.11. The average Bonchev–Trinajstić information content (AvgIpc) is 2.28. The van der Waals surface area contributed by atoms with Crippen molar-refractivity contribution in [3.05, 3.63) is 29.6 Å². The molecular formula is C12H13FN4. The highest BCUT2D eigenvalue weighted by Gasteiger charge is 2.12. The molecule has 0 aliphatic carbocycles. The Morgan fingerprint density at radius 3 is 2.35 bits per heavy atom. The Morgan fingerprint density at radius 1 is 1.35 bits per heavy atom. The number of anilines is 1. The minimum Gasteiger partial charge on any atom is -0.343 e. The Balaban J connectivity index is 3.05. The number of hydrogen-bond donors (Lipinski definition) is 1. The van der Waals surface area contributed by atoms with Gasteiger partial charge in [0.15, 0.2) is 0 Å². The standard InChI is InChI=1S/C12H13FN4/c1-9(16)10-2-3-12(11(13)8-10)17(6-4-14)7-5-15/h2-3,8-9H,6-7,16H2,1H3. The summed E-state index contributed by atoms with van der Waals surface area (Å²) >= 11 is 0. The lowest BCUT2D eigenvalue weighted by Gasteiger charge is -2.19. The van der Waals surface area contributed by atoms with Gasteiger partial charge in [-0.05, 0) is 24.6 Å². The summed E-state index contributed by atoms with van der Waals surface area (Å²) in [6, 6.07) is 8.13. The van der Waals surface area contributed by atoms with E-state index in [0.717, 1.165) is 0 Å². The van der Waals surface area contributed by atoms with E-state index in [-0.39, 0.29) is 24.8 Å². The third-order valence-electron chi connectivity index (χ3n) is 2.36. The van der Waals surface area contributed by atoms with E-state index in [0.29, 0.717) is 5.56 Å². The van der Waals surface area contributed by atoms with Crippen LogP contribution in [0.5, 0.6) is 0 Å². The van der Waals surface area contributed by atoms with E-state index in [1.807, 2.05) is 12.1 Å². The van der Waals surface area contributed by atoms with Crippen LogP contribution < -0.4 is 10.6 Å². The highest BCUT2D eigenvalue weighted by molar-refractivity contribution is 5.51. The van der Waals surface area contributed by atoms with Gasteiger partial charge < -0.3 is 10.6 Å². The maximum absolute atomic E-state index is 13.8. The molecule has 1 unspecified atom stereocenters. The van der Waals surface area contributed by atoms with E-state index in [1.54, 1.807) is 19.1 Å². The zero-order chi connectivity index (χ0) is 12.8. The minimum absolute atomic E-state index is 0.0258. The monoisotopic (exact) mass is 232 g/mol. The summed E-state index contributed by atoms with van der Waals surface area (Å²) in [4.78, 5) is 1.38. The van der Waals surface area contributed by atoms with Crippen molar-refractivity contribution in [1.82, 2.24) is 0 Å². The van der Waals surface area contributed by atoms with Gasteiger partial charge in [0.25, 0.3) is 0 Å².